The van der Waals surface area contributed by atoms with Gasteiger partial charge in [-0.3, -0.25) is 0 Å². The third-order valence-corrected chi connectivity index (χ3v) is 2.94. The van der Waals surface area contributed by atoms with E-state index in [1.165, 1.54) is 12.8 Å². The smallest absolute Gasteiger partial charge is 0.0943 e. The lowest BCUT2D eigenvalue weighted by atomic mass is 10.0. The minimum atomic E-state index is 0.467. The van der Waals surface area contributed by atoms with E-state index < -0.39 is 0 Å². The van der Waals surface area contributed by atoms with E-state index in [0.29, 0.717) is 11.3 Å². The summed E-state index contributed by atoms with van der Waals surface area (Å²) >= 11 is 0. The first-order valence-corrected chi connectivity index (χ1v) is 5.21. The fourth-order valence-corrected chi connectivity index (χ4v) is 1.58. The van der Waals surface area contributed by atoms with E-state index in [9.17, 15) is 0 Å². The van der Waals surface area contributed by atoms with Gasteiger partial charge in [0.25, 0.3) is 0 Å². The van der Waals surface area contributed by atoms with Gasteiger partial charge in [-0.2, -0.15) is 5.26 Å². The van der Waals surface area contributed by atoms with E-state index in [-0.39, 0.29) is 0 Å². The van der Waals surface area contributed by atoms with Gasteiger partial charge in [-0.05, 0) is 30.6 Å². The fraction of sp³-hybridized carbons (Fsp3) is 0.750. The van der Waals surface area contributed by atoms with Gasteiger partial charge in [-0.15, -0.1) is 0 Å². The monoisotopic (exact) mass is 177 g/mol. The number of rotatable bonds is 4. The second-order valence-electron chi connectivity index (χ2n) is 4.71. The van der Waals surface area contributed by atoms with Crippen molar-refractivity contribution < 1.29 is 0 Å². The Morgan fingerprint density at radius 3 is 2.62 bits per heavy atom. The van der Waals surface area contributed by atoms with Gasteiger partial charge in [-0.25, -0.2) is 0 Å². The summed E-state index contributed by atoms with van der Waals surface area (Å²) in [5.41, 5.74) is 1.46. The Morgan fingerprint density at radius 2 is 2.23 bits per heavy atom. The van der Waals surface area contributed by atoms with Gasteiger partial charge in [0.05, 0.1) is 6.07 Å². The summed E-state index contributed by atoms with van der Waals surface area (Å²) < 4.78 is 0. The van der Waals surface area contributed by atoms with Crippen molar-refractivity contribution in [2.24, 2.45) is 11.3 Å². The number of hydrogen-bond donors (Lipinski definition) is 0. The third kappa shape index (κ3) is 2.88. The molecule has 0 radical (unpaired) electrons. The average molecular weight is 177 g/mol. The standard InChI is InChI=1S/C12H19N/c1-4-5-6-10(9-13)7-11-8-12(11,2)3/h7,11H,4-6,8H2,1-3H3/b10-7-. The lowest BCUT2D eigenvalue weighted by Gasteiger charge is -1.99. The second kappa shape index (κ2) is 3.96. The zero-order valence-corrected chi connectivity index (χ0v) is 8.93. The molecule has 1 nitrogen and oxygen atoms in total. The van der Waals surface area contributed by atoms with E-state index in [0.717, 1.165) is 18.4 Å². The maximum absolute atomic E-state index is 8.88. The molecule has 13 heavy (non-hydrogen) atoms. The van der Waals surface area contributed by atoms with Crippen LogP contribution in [0.5, 0.6) is 0 Å². The van der Waals surface area contributed by atoms with E-state index in [2.05, 4.69) is 32.9 Å². The number of nitrogens with zero attached hydrogens (tertiary/aromatic N) is 1. The second-order valence-corrected chi connectivity index (χ2v) is 4.71. The van der Waals surface area contributed by atoms with Crippen molar-refractivity contribution in [3.05, 3.63) is 11.6 Å². The van der Waals surface area contributed by atoms with Crippen LogP contribution in [-0.2, 0) is 0 Å². The molecule has 0 aromatic carbocycles. The summed E-state index contributed by atoms with van der Waals surface area (Å²) in [6.07, 6.45) is 6.74. The minimum absolute atomic E-state index is 0.467. The van der Waals surface area contributed by atoms with Crippen LogP contribution in [0.25, 0.3) is 0 Å². The number of nitriles is 1. The minimum Gasteiger partial charge on any atom is -0.193 e. The molecule has 1 heteroatoms. The zero-order chi connectivity index (χ0) is 9.90. The van der Waals surface area contributed by atoms with Crippen LogP contribution in [0.4, 0.5) is 0 Å². The Hall–Kier alpha value is -0.770. The molecule has 1 aliphatic rings. The van der Waals surface area contributed by atoms with Gasteiger partial charge in [0, 0.05) is 5.57 Å². The SMILES string of the molecule is CCCC/C(C#N)=C/C1CC1(C)C. The molecule has 72 valence electrons. The summed E-state index contributed by atoms with van der Waals surface area (Å²) in [5.74, 6) is 0.666. The van der Waals surface area contributed by atoms with Crippen LogP contribution in [0, 0.1) is 22.7 Å². The molecular weight excluding hydrogens is 158 g/mol. The predicted octanol–water partition coefficient (Wildman–Crippen LogP) is 3.67. The van der Waals surface area contributed by atoms with Crippen molar-refractivity contribution in [2.45, 2.75) is 46.5 Å². The molecule has 0 spiro atoms. The molecule has 1 saturated carbocycles. The van der Waals surface area contributed by atoms with E-state index >= 15 is 0 Å². The Balaban J connectivity index is 2.44. The van der Waals surface area contributed by atoms with Gasteiger partial charge in [0.1, 0.15) is 0 Å². The van der Waals surface area contributed by atoms with Crippen molar-refractivity contribution in [2.75, 3.05) is 0 Å². The summed E-state index contributed by atoms with van der Waals surface area (Å²) in [5, 5.41) is 8.88. The lowest BCUT2D eigenvalue weighted by Crippen LogP contribution is -1.88. The van der Waals surface area contributed by atoms with Crippen molar-refractivity contribution in [3.63, 3.8) is 0 Å². The normalized spacial score (nSPS) is 25.4. The highest BCUT2D eigenvalue weighted by Crippen LogP contribution is 2.52. The van der Waals surface area contributed by atoms with Crippen LogP contribution in [0.1, 0.15) is 46.5 Å². The third-order valence-electron chi connectivity index (χ3n) is 2.94. The first-order valence-electron chi connectivity index (χ1n) is 5.21. The molecule has 0 saturated heterocycles. The molecule has 1 aliphatic carbocycles. The van der Waals surface area contributed by atoms with Crippen LogP contribution >= 0.6 is 0 Å². The first kappa shape index (κ1) is 10.3. The topological polar surface area (TPSA) is 23.8 Å². The molecule has 0 N–H and O–H groups in total. The highest BCUT2D eigenvalue weighted by atomic mass is 14.5. The summed E-state index contributed by atoms with van der Waals surface area (Å²) in [6, 6.07) is 2.31. The van der Waals surface area contributed by atoms with Crippen LogP contribution in [0.3, 0.4) is 0 Å². The van der Waals surface area contributed by atoms with Crippen LogP contribution < -0.4 is 0 Å². The van der Waals surface area contributed by atoms with Crippen LogP contribution in [0.15, 0.2) is 11.6 Å². The average Bonchev–Trinajstić information content (AvgIpc) is 2.67. The summed E-state index contributed by atoms with van der Waals surface area (Å²) in [7, 11) is 0. The molecule has 0 aromatic heterocycles. The Morgan fingerprint density at radius 1 is 1.62 bits per heavy atom. The van der Waals surface area contributed by atoms with Gasteiger partial charge in [0.15, 0.2) is 0 Å². The van der Waals surface area contributed by atoms with E-state index in [1.54, 1.807) is 0 Å². The maximum atomic E-state index is 8.88. The highest BCUT2D eigenvalue weighted by molar-refractivity contribution is 5.25. The molecule has 0 heterocycles. The molecule has 0 aromatic rings. The molecule has 1 rings (SSSR count). The Kier molecular flexibility index (Phi) is 3.14. The molecule has 0 aliphatic heterocycles. The largest absolute Gasteiger partial charge is 0.193 e. The lowest BCUT2D eigenvalue weighted by molar-refractivity contribution is 0.608. The van der Waals surface area contributed by atoms with E-state index in [1.807, 2.05) is 0 Å². The molecule has 1 unspecified atom stereocenters. The highest BCUT2D eigenvalue weighted by Gasteiger charge is 2.43. The number of unbranched alkanes of at least 4 members (excludes halogenated alkanes) is 1. The van der Waals surface area contributed by atoms with Gasteiger partial charge in [-0.1, -0.05) is 33.3 Å². The van der Waals surface area contributed by atoms with Crippen LogP contribution in [-0.4, -0.2) is 0 Å². The van der Waals surface area contributed by atoms with Crippen molar-refractivity contribution in [1.29, 1.82) is 5.26 Å². The van der Waals surface area contributed by atoms with Crippen molar-refractivity contribution >= 4 is 0 Å². The molecular formula is C12H19N. The van der Waals surface area contributed by atoms with Gasteiger partial charge < -0.3 is 0 Å². The molecule has 1 fully saturated rings. The molecule has 0 amide bonds. The Labute approximate surface area is 81.5 Å². The number of allylic oxidation sites excluding steroid dienone is 2. The van der Waals surface area contributed by atoms with Gasteiger partial charge >= 0.3 is 0 Å². The van der Waals surface area contributed by atoms with E-state index in [4.69, 9.17) is 5.26 Å². The fourth-order valence-electron chi connectivity index (χ4n) is 1.58. The molecule has 1 atom stereocenters. The van der Waals surface area contributed by atoms with Crippen molar-refractivity contribution in [3.8, 4) is 6.07 Å². The quantitative estimate of drug-likeness (QED) is 0.601. The van der Waals surface area contributed by atoms with Crippen LogP contribution in [0.2, 0.25) is 0 Å². The maximum Gasteiger partial charge on any atom is 0.0943 e. The zero-order valence-electron chi connectivity index (χ0n) is 8.93. The summed E-state index contributed by atoms with van der Waals surface area (Å²) in [4.78, 5) is 0. The first-order chi connectivity index (χ1) is 6.10. The Bertz CT molecular complexity index is 242. The number of hydrogen-bond acceptors (Lipinski definition) is 1. The predicted molar refractivity (Wildman–Crippen MR) is 55.1 cm³/mol. The summed E-state index contributed by atoms with van der Waals surface area (Å²) in [6.45, 7) is 6.70. The van der Waals surface area contributed by atoms with Crippen molar-refractivity contribution in [1.82, 2.24) is 0 Å². The van der Waals surface area contributed by atoms with Gasteiger partial charge in [0.2, 0.25) is 0 Å². The molecule has 0 bridgehead atoms.